The third-order valence-electron chi connectivity index (χ3n) is 5.00. The first-order valence-electron chi connectivity index (χ1n) is 9.11. The van der Waals surface area contributed by atoms with Crippen LogP contribution in [0.15, 0.2) is 59.5 Å². The zero-order valence-corrected chi connectivity index (χ0v) is 17.9. The molecule has 1 unspecified atom stereocenters. The Morgan fingerprint density at radius 2 is 1.61 bits per heavy atom. The minimum atomic E-state index is -3.54. The third kappa shape index (κ3) is 5.68. The molecule has 3 rings (SSSR count). The molecule has 8 heteroatoms. The predicted octanol–water partition coefficient (Wildman–Crippen LogP) is 2.38. The van der Waals surface area contributed by atoms with E-state index < -0.39 is 10.0 Å². The van der Waals surface area contributed by atoms with Crippen molar-refractivity contribution in [1.29, 1.82) is 0 Å². The Morgan fingerprint density at radius 3 is 2.18 bits per heavy atom. The number of piperazine rings is 1. The molecule has 1 saturated heterocycles. The van der Waals surface area contributed by atoms with Gasteiger partial charge in [-0.15, -0.1) is 12.4 Å². The fraction of sp³-hybridized carbons (Fsp3) is 0.400. The van der Waals surface area contributed by atoms with Gasteiger partial charge in [-0.3, -0.25) is 4.90 Å². The summed E-state index contributed by atoms with van der Waals surface area (Å²) in [7, 11) is 0.211. The van der Waals surface area contributed by atoms with Crippen LogP contribution < -0.4 is 9.46 Å². The number of nitrogens with zero attached hydrogens (tertiary/aromatic N) is 2. The Labute approximate surface area is 173 Å². The van der Waals surface area contributed by atoms with E-state index in [4.69, 9.17) is 4.74 Å². The van der Waals surface area contributed by atoms with Crippen LogP contribution in [0, 0.1) is 0 Å². The highest BCUT2D eigenvalue weighted by Gasteiger charge is 2.26. The summed E-state index contributed by atoms with van der Waals surface area (Å²) in [6, 6.07) is 16.3. The van der Waals surface area contributed by atoms with Crippen molar-refractivity contribution < 1.29 is 13.2 Å². The molecule has 0 spiro atoms. The van der Waals surface area contributed by atoms with Gasteiger partial charge in [-0.05, 0) is 36.9 Å². The lowest BCUT2D eigenvalue weighted by atomic mass is 10.0. The topological polar surface area (TPSA) is 61.9 Å². The number of likely N-dealkylation sites (N-methyl/N-ethyl adjacent to an activating group) is 1. The Morgan fingerprint density at radius 1 is 1.00 bits per heavy atom. The lowest BCUT2D eigenvalue weighted by Crippen LogP contribution is -2.48. The van der Waals surface area contributed by atoms with Gasteiger partial charge in [0, 0.05) is 38.8 Å². The van der Waals surface area contributed by atoms with Crippen molar-refractivity contribution in [3.63, 3.8) is 0 Å². The van der Waals surface area contributed by atoms with Gasteiger partial charge in [0.05, 0.1) is 12.0 Å². The summed E-state index contributed by atoms with van der Waals surface area (Å²) >= 11 is 0. The van der Waals surface area contributed by atoms with E-state index in [0.717, 1.165) is 37.5 Å². The first-order chi connectivity index (χ1) is 13.0. The maximum absolute atomic E-state index is 12.6. The molecule has 0 bridgehead atoms. The van der Waals surface area contributed by atoms with Gasteiger partial charge in [0.25, 0.3) is 0 Å². The zero-order chi connectivity index (χ0) is 19.3. The molecule has 0 amide bonds. The number of methoxy groups -OCH3 is 1. The van der Waals surface area contributed by atoms with Gasteiger partial charge in [0.2, 0.25) is 10.0 Å². The van der Waals surface area contributed by atoms with Gasteiger partial charge in [0.1, 0.15) is 5.75 Å². The van der Waals surface area contributed by atoms with Crippen LogP contribution in [0.2, 0.25) is 0 Å². The van der Waals surface area contributed by atoms with E-state index in [1.54, 1.807) is 31.4 Å². The monoisotopic (exact) mass is 425 g/mol. The van der Waals surface area contributed by atoms with Crippen molar-refractivity contribution in [3.8, 4) is 5.75 Å². The maximum Gasteiger partial charge on any atom is 0.240 e. The second-order valence-electron chi connectivity index (χ2n) is 6.79. The van der Waals surface area contributed by atoms with Gasteiger partial charge in [-0.25, -0.2) is 13.1 Å². The average molecular weight is 426 g/mol. The Bertz CT molecular complexity index is 824. The third-order valence-corrected chi connectivity index (χ3v) is 6.44. The summed E-state index contributed by atoms with van der Waals surface area (Å²) in [5.74, 6) is 0.792. The fourth-order valence-corrected chi connectivity index (χ4v) is 4.35. The van der Waals surface area contributed by atoms with Crippen molar-refractivity contribution in [2.24, 2.45) is 0 Å². The van der Waals surface area contributed by atoms with Crippen LogP contribution in [0.25, 0.3) is 0 Å². The molecule has 1 atom stereocenters. The molecule has 1 aliphatic heterocycles. The minimum Gasteiger partial charge on any atom is -0.497 e. The van der Waals surface area contributed by atoms with Crippen LogP contribution >= 0.6 is 12.4 Å². The van der Waals surface area contributed by atoms with Crippen LogP contribution in [0.3, 0.4) is 0 Å². The minimum absolute atomic E-state index is 0. The van der Waals surface area contributed by atoms with Crippen LogP contribution in [-0.2, 0) is 10.0 Å². The highest BCUT2D eigenvalue weighted by molar-refractivity contribution is 7.89. The molecular weight excluding hydrogens is 398 g/mol. The van der Waals surface area contributed by atoms with Crippen LogP contribution in [-0.4, -0.2) is 65.1 Å². The van der Waals surface area contributed by atoms with E-state index in [-0.39, 0.29) is 23.3 Å². The molecule has 6 nitrogen and oxygen atoms in total. The van der Waals surface area contributed by atoms with Crippen LogP contribution in [0.4, 0.5) is 0 Å². The Hall–Kier alpha value is -1.64. The molecule has 0 aromatic heterocycles. The van der Waals surface area contributed by atoms with Crippen LogP contribution in [0.1, 0.15) is 11.6 Å². The average Bonchev–Trinajstić information content (AvgIpc) is 2.70. The standard InChI is InChI=1S/C20H27N3O3S.ClH/c1-22-12-14-23(15-13-22)20(17-8-10-18(26-2)11-9-17)16-21-27(24,25)19-6-4-3-5-7-19;/h3-11,20-21H,12-16H2,1-2H3;1H. The zero-order valence-electron chi connectivity index (χ0n) is 16.2. The molecule has 2 aromatic rings. The molecule has 0 aliphatic carbocycles. The SMILES string of the molecule is COc1ccc(C(CNS(=O)(=O)c2ccccc2)N2CCN(C)CC2)cc1.Cl. The van der Waals surface area contributed by atoms with Gasteiger partial charge in [0.15, 0.2) is 0 Å². The van der Waals surface area contributed by atoms with Crippen molar-refractivity contribution in [2.45, 2.75) is 10.9 Å². The highest BCUT2D eigenvalue weighted by Crippen LogP contribution is 2.24. The number of benzene rings is 2. The van der Waals surface area contributed by atoms with E-state index in [1.807, 2.05) is 30.3 Å². The van der Waals surface area contributed by atoms with Gasteiger partial charge in [-0.1, -0.05) is 30.3 Å². The van der Waals surface area contributed by atoms with E-state index in [2.05, 4.69) is 21.6 Å². The molecule has 1 fully saturated rings. The largest absolute Gasteiger partial charge is 0.497 e. The highest BCUT2D eigenvalue weighted by atomic mass is 35.5. The maximum atomic E-state index is 12.6. The van der Waals surface area contributed by atoms with Gasteiger partial charge in [-0.2, -0.15) is 0 Å². The first-order valence-corrected chi connectivity index (χ1v) is 10.6. The predicted molar refractivity (Wildman–Crippen MR) is 114 cm³/mol. The number of hydrogen-bond acceptors (Lipinski definition) is 5. The summed E-state index contributed by atoms with van der Waals surface area (Å²) in [6.45, 7) is 4.07. The molecule has 1 N–H and O–H groups in total. The molecule has 0 radical (unpaired) electrons. The van der Waals surface area contributed by atoms with Crippen molar-refractivity contribution in [3.05, 3.63) is 60.2 Å². The smallest absolute Gasteiger partial charge is 0.240 e. The number of ether oxygens (including phenoxy) is 1. The van der Waals surface area contributed by atoms with Crippen molar-refractivity contribution >= 4 is 22.4 Å². The Balaban J connectivity index is 0.00000280. The van der Waals surface area contributed by atoms with Crippen LogP contribution in [0.5, 0.6) is 5.75 Å². The van der Waals surface area contributed by atoms with E-state index in [0.29, 0.717) is 6.54 Å². The molecule has 2 aromatic carbocycles. The van der Waals surface area contributed by atoms with E-state index >= 15 is 0 Å². The summed E-state index contributed by atoms with van der Waals surface area (Å²) in [5, 5.41) is 0. The second-order valence-corrected chi connectivity index (χ2v) is 8.56. The summed E-state index contributed by atoms with van der Waals surface area (Å²) in [4.78, 5) is 4.92. The molecule has 1 heterocycles. The summed E-state index contributed by atoms with van der Waals surface area (Å²) in [6.07, 6.45) is 0. The van der Waals surface area contributed by atoms with E-state index in [1.165, 1.54) is 0 Å². The van der Waals surface area contributed by atoms with Crippen molar-refractivity contribution in [2.75, 3.05) is 46.9 Å². The number of sulfonamides is 1. The molecule has 28 heavy (non-hydrogen) atoms. The summed E-state index contributed by atoms with van der Waals surface area (Å²) < 4.78 is 33.3. The normalized spacial score (nSPS) is 16.9. The lowest BCUT2D eigenvalue weighted by Gasteiger charge is -2.38. The van der Waals surface area contributed by atoms with Gasteiger partial charge < -0.3 is 9.64 Å². The van der Waals surface area contributed by atoms with Gasteiger partial charge >= 0.3 is 0 Å². The summed E-state index contributed by atoms with van der Waals surface area (Å²) in [5.41, 5.74) is 1.08. The Kier molecular flexibility index (Phi) is 8.27. The number of halogens is 1. The van der Waals surface area contributed by atoms with Crippen molar-refractivity contribution in [1.82, 2.24) is 14.5 Å². The number of nitrogens with one attached hydrogen (secondary N) is 1. The molecular formula is C20H28ClN3O3S. The fourth-order valence-electron chi connectivity index (χ4n) is 3.29. The molecule has 154 valence electrons. The quantitative estimate of drug-likeness (QED) is 0.738. The number of rotatable bonds is 7. The second kappa shape index (κ2) is 10.2. The number of hydrogen-bond donors (Lipinski definition) is 1. The first kappa shape index (κ1) is 22.6. The molecule has 1 aliphatic rings. The lowest BCUT2D eigenvalue weighted by molar-refractivity contribution is 0.113. The van der Waals surface area contributed by atoms with E-state index in [9.17, 15) is 8.42 Å². The molecule has 0 saturated carbocycles.